The van der Waals surface area contributed by atoms with Crippen molar-refractivity contribution >= 4 is 0 Å². The monoisotopic (exact) mass is 278 g/mol. The third kappa shape index (κ3) is 2.41. The van der Waals surface area contributed by atoms with Gasteiger partial charge in [0.2, 0.25) is 0 Å². The molecule has 0 saturated carbocycles. The van der Waals surface area contributed by atoms with Gasteiger partial charge in [-0.1, -0.05) is 54.6 Å². The highest BCUT2D eigenvalue weighted by atomic mass is 16.2. The minimum absolute atomic E-state index is 0.296. The van der Waals surface area contributed by atoms with Crippen LogP contribution in [0.1, 0.15) is 11.6 Å². The first-order chi connectivity index (χ1) is 10.3. The van der Waals surface area contributed by atoms with Crippen LogP contribution in [0.25, 0.3) is 5.69 Å². The number of nitrogens with zero attached hydrogens (tertiary/aromatic N) is 4. The van der Waals surface area contributed by atoms with Gasteiger partial charge in [0.25, 0.3) is 0 Å². The van der Waals surface area contributed by atoms with Crippen LogP contribution >= 0.6 is 0 Å². The molecule has 1 unspecified atom stereocenters. The van der Waals surface area contributed by atoms with Gasteiger partial charge in [-0.2, -0.15) is 9.36 Å². The zero-order valence-corrected chi connectivity index (χ0v) is 11.3. The van der Waals surface area contributed by atoms with Crippen molar-refractivity contribution in [2.75, 3.05) is 0 Å². The highest BCUT2D eigenvalue weighted by Gasteiger charge is 2.17. The van der Waals surface area contributed by atoms with Gasteiger partial charge in [0.1, 0.15) is 6.04 Å². The number of aromatic nitrogens is 4. The molecular weight excluding hydrogens is 264 g/mol. The minimum Gasteiger partial charge on any atom is -0.244 e. The number of hydrogen-bond acceptors (Lipinski definition) is 3. The van der Waals surface area contributed by atoms with Crippen molar-refractivity contribution < 1.29 is 0 Å². The Morgan fingerprint density at radius 1 is 0.952 bits per heavy atom. The maximum Gasteiger partial charge on any atom is 0.369 e. The second-order valence-electron chi connectivity index (χ2n) is 4.54. The summed E-state index contributed by atoms with van der Waals surface area (Å²) in [5, 5.41) is 7.94. The lowest BCUT2D eigenvalue weighted by Crippen LogP contribution is -2.27. The molecule has 0 N–H and O–H groups in total. The number of tetrazole rings is 1. The van der Waals surface area contributed by atoms with Crippen LogP contribution < -0.4 is 5.69 Å². The Kier molecular flexibility index (Phi) is 3.47. The van der Waals surface area contributed by atoms with Crippen LogP contribution in [0.3, 0.4) is 0 Å². The largest absolute Gasteiger partial charge is 0.369 e. The predicted molar refractivity (Wildman–Crippen MR) is 80.4 cm³/mol. The Labute approximate surface area is 121 Å². The van der Waals surface area contributed by atoms with Gasteiger partial charge in [0, 0.05) is 0 Å². The average molecular weight is 278 g/mol. The molecule has 3 aromatic rings. The molecule has 1 atom stereocenters. The van der Waals surface area contributed by atoms with E-state index in [1.165, 1.54) is 9.36 Å². The Balaban J connectivity index is 2.06. The molecule has 0 radical (unpaired) electrons. The molecule has 5 nitrogen and oxygen atoms in total. The Morgan fingerprint density at radius 3 is 2.19 bits per heavy atom. The maximum absolute atomic E-state index is 12.5. The highest BCUT2D eigenvalue weighted by Crippen LogP contribution is 2.16. The van der Waals surface area contributed by atoms with Crippen molar-refractivity contribution in [3.8, 4) is 5.69 Å². The molecule has 0 spiro atoms. The molecule has 5 heteroatoms. The van der Waals surface area contributed by atoms with E-state index in [1.807, 2.05) is 60.7 Å². The maximum atomic E-state index is 12.5. The molecule has 0 aliphatic rings. The van der Waals surface area contributed by atoms with Crippen molar-refractivity contribution in [1.29, 1.82) is 0 Å². The predicted octanol–water partition coefficient (Wildman–Crippen LogP) is 2.20. The van der Waals surface area contributed by atoms with Crippen LogP contribution in [0.2, 0.25) is 0 Å². The van der Waals surface area contributed by atoms with E-state index >= 15 is 0 Å². The molecule has 0 amide bonds. The summed E-state index contributed by atoms with van der Waals surface area (Å²) in [5.41, 5.74) is 1.33. The van der Waals surface area contributed by atoms with Crippen LogP contribution in [0.4, 0.5) is 0 Å². The first-order valence-corrected chi connectivity index (χ1v) is 6.58. The summed E-state index contributed by atoms with van der Waals surface area (Å²) in [7, 11) is 0. The van der Waals surface area contributed by atoms with Gasteiger partial charge in [0.05, 0.1) is 5.69 Å². The molecule has 0 aliphatic carbocycles. The number of rotatable bonds is 4. The third-order valence-electron chi connectivity index (χ3n) is 3.23. The van der Waals surface area contributed by atoms with Crippen LogP contribution in [0.15, 0.2) is 78.1 Å². The number of benzene rings is 2. The number of para-hydroxylation sites is 1. The SMILES string of the molecule is C=CC(c1ccccc1)n1nnn(-c2ccccc2)c1=O. The van der Waals surface area contributed by atoms with Crippen LogP contribution in [0.5, 0.6) is 0 Å². The number of hydrogen-bond donors (Lipinski definition) is 0. The van der Waals surface area contributed by atoms with Gasteiger partial charge in [-0.05, 0) is 28.1 Å². The fourth-order valence-corrected chi connectivity index (χ4v) is 2.19. The lowest BCUT2D eigenvalue weighted by atomic mass is 10.1. The second-order valence-corrected chi connectivity index (χ2v) is 4.54. The first kappa shape index (κ1) is 13.1. The zero-order valence-electron chi connectivity index (χ0n) is 11.3. The molecule has 0 saturated heterocycles. The number of allylic oxidation sites excluding steroid dienone is 1. The van der Waals surface area contributed by atoms with Gasteiger partial charge in [-0.3, -0.25) is 0 Å². The van der Waals surface area contributed by atoms with Crippen molar-refractivity contribution in [3.05, 3.63) is 89.4 Å². The smallest absolute Gasteiger partial charge is 0.244 e. The summed E-state index contributed by atoms with van der Waals surface area (Å²) in [6.45, 7) is 3.80. The van der Waals surface area contributed by atoms with E-state index in [0.29, 0.717) is 5.69 Å². The quantitative estimate of drug-likeness (QED) is 0.687. The molecule has 1 aromatic heterocycles. The minimum atomic E-state index is -0.337. The van der Waals surface area contributed by atoms with Gasteiger partial charge in [-0.25, -0.2) is 4.79 Å². The van der Waals surface area contributed by atoms with Crippen LogP contribution in [0, 0.1) is 0 Å². The molecule has 1 heterocycles. The second kappa shape index (κ2) is 5.58. The van der Waals surface area contributed by atoms with E-state index in [1.54, 1.807) is 6.08 Å². The fourth-order valence-electron chi connectivity index (χ4n) is 2.19. The van der Waals surface area contributed by atoms with E-state index in [2.05, 4.69) is 17.0 Å². The van der Waals surface area contributed by atoms with Gasteiger partial charge in [0.15, 0.2) is 0 Å². The highest BCUT2D eigenvalue weighted by molar-refractivity contribution is 5.29. The Morgan fingerprint density at radius 2 is 1.57 bits per heavy atom. The van der Waals surface area contributed by atoms with Gasteiger partial charge >= 0.3 is 5.69 Å². The van der Waals surface area contributed by atoms with E-state index in [0.717, 1.165) is 5.56 Å². The van der Waals surface area contributed by atoms with Gasteiger partial charge in [-0.15, -0.1) is 6.58 Å². The molecule has 21 heavy (non-hydrogen) atoms. The average Bonchev–Trinajstić information content (AvgIpc) is 2.92. The topological polar surface area (TPSA) is 52.7 Å². The molecule has 0 fully saturated rings. The van der Waals surface area contributed by atoms with Crippen molar-refractivity contribution in [2.45, 2.75) is 6.04 Å². The van der Waals surface area contributed by atoms with Crippen molar-refractivity contribution in [3.63, 3.8) is 0 Å². The van der Waals surface area contributed by atoms with Crippen LogP contribution in [-0.2, 0) is 0 Å². The summed E-state index contributed by atoms with van der Waals surface area (Å²) >= 11 is 0. The summed E-state index contributed by atoms with van der Waals surface area (Å²) in [6, 6.07) is 18.5. The van der Waals surface area contributed by atoms with E-state index in [4.69, 9.17) is 0 Å². The summed E-state index contributed by atoms with van der Waals surface area (Å²) < 4.78 is 2.61. The van der Waals surface area contributed by atoms with E-state index in [-0.39, 0.29) is 11.7 Å². The summed E-state index contributed by atoms with van der Waals surface area (Å²) in [6.07, 6.45) is 1.68. The lowest BCUT2D eigenvalue weighted by Gasteiger charge is -2.10. The standard InChI is InChI=1S/C16H14N4O/c1-2-15(13-9-5-3-6-10-13)20-16(21)19(17-18-20)14-11-7-4-8-12-14/h2-12,15H,1H2. The first-order valence-electron chi connectivity index (χ1n) is 6.58. The molecule has 2 aromatic carbocycles. The molecule has 104 valence electrons. The Bertz CT molecular complexity index is 790. The fraction of sp³-hybridized carbons (Fsp3) is 0.0625. The zero-order chi connectivity index (χ0) is 14.7. The normalized spacial score (nSPS) is 12.0. The van der Waals surface area contributed by atoms with E-state index in [9.17, 15) is 4.79 Å². The van der Waals surface area contributed by atoms with Crippen molar-refractivity contribution in [1.82, 2.24) is 19.8 Å². The molecule has 0 bridgehead atoms. The summed E-state index contributed by atoms with van der Waals surface area (Å²) in [5.74, 6) is 0. The lowest BCUT2D eigenvalue weighted by molar-refractivity contribution is 0.570. The van der Waals surface area contributed by atoms with Crippen molar-refractivity contribution in [2.24, 2.45) is 0 Å². The summed E-state index contributed by atoms with van der Waals surface area (Å²) in [4.78, 5) is 12.5. The van der Waals surface area contributed by atoms with Gasteiger partial charge < -0.3 is 0 Å². The van der Waals surface area contributed by atoms with E-state index < -0.39 is 0 Å². The Hall–Kier alpha value is -2.95. The molecule has 3 rings (SSSR count). The molecular formula is C16H14N4O. The third-order valence-corrected chi connectivity index (χ3v) is 3.23. The molecule has 0 aliphatic heterocycles. The van der Waals surface area contributed by atoms with Crippen LogP contribution in [-0.4, -0.2) is 19.8 Å².